The van der Waals surface area contributed by atoms with Crippen LogP contribution in [0.15, 0.2) is 12.3 Å². The van der Waals surface area contributed by atoms with Gasteiger partial charge in [-0.1, -0.05) is 6.92 Å². The van der Waals surface area contributed by atoms with E-state index in [-0.39, 0.29) is 17.9 Å². The largest absolute Gasteiger partial charge is 0.469 e. The minimum atomic E-state index is -4.42. The molecule has 0 amide bonds. The summed E-state index contributed by atoms with van der Waals surface area (Å²) in [7, 11) is 1.35. The number of hydrogen-bond donors (Lipinski definition) is 0. The number of nitrogens with zero attached hydrogens (tertiary/aromatic N) is 3. The van der Waals surface area contributed by atoms with E-state index in [0.29, 0.717) is 13.1 Å². The van der Waals surface area contributed by atoms with Gasteiger partial charge < -0.3 is 9.64 Å². The fourth-order valence-electron chi connectivity index (χ4n) is 2.77. The quantitative estimate of drug-likeness (QED) is 0.799. The van der Waals surface area contributed by atoms with Gasteiger partial charge in [0.15, 0.2) is 5.69 Å². The highest BCUT2D eigenvalue weighted by Gasteiger charge is 2.34. The number of halogens is 3. The van der Waals surface area contributed by atoms with Crippen LogP contribution in [-0.2, 0) is 15.7 Å². The van der Waals surface area contributed by atoms with Crippen LogP contribution in [0, 0.1) is 5.92 Å². The number of carbonyl (C=O) groups is 1. The zero-order valence-corrected chi connectivity index (χ0v) is 12.6. The van der Waals surface area contributed by atoms with E-state index in [1.807, 2.05) is 0 Å². The van der Waals surface area contributed by atoms with Crippen molar-refractivity contribution in [1.29, 1.82) is 0 Å². The van der Waals surface area contributed by atoms with Crippen LogP contribution in [0.1, 0.15) is 31.5 Å². The van der Waals surface area contributed by atoms with Gasteiger partial charge in [0.05, 0.1) is 19.1 Å². The lowest BCUT2D eigenvalue weighted by atomic mass is 10.0. The summed E-state index contributed by atoms with van der Waals surface area (Å²) >= 11 is 0. The number of esters is 1. The molecule has 2 rings (SSSR count). The standard InChI is InChI=1S/C14H20F3N3O2/c1-10(13(21)22-2)8-19-6-3-4-11(9-19)20-7-5-12(18-20)14(15,16)17/h5,7,10-11H,3-4,6,8-9H2,1-2H3. The van der Waals surface area contributed by atoms with Crippen molar-refractivity contribution in [2.45, 2.75) is 32.0 Å². The Hall–Kier alpha value is -1.57. The Balaban J connectivity index is 1.98. The molecule has 2 unspecified atom stereocenters. The Labute approximate surface area is 127 Å². The zero-order chi connectivity index (χ0) is 16.3. The molecule has 1 aromatic rings. The predicted octanol–water partition coefficient (Wildman–Crippen LogP) is 2.35. The summed E-state index contributed by atoms with van der Waals surface area (Å²) in [4.78, 5) is 13.5. The highest BCUT2D eigenvalue weighted by Crippen LogP contribution is 2.29. The molecule has 2 heterocycles. The second-order valence-corrected chi connectivity index (χ2v) is 5.66. The molecule has 5 nitrogen and oxygen atoms in total. The number of ether oxygens (including phenoxy) is 1. The van der Waals surface area contributed by atoms with Gasteiger partial charge >= 0.3 is 12.1 Å². The summed E-state index contributed by atoms with van der Waals surface area (Å²) in [5.74, 6) is -0.535. The number of rotatable bonds is 4. The fourth-order valence-corrected chi connectivity index (χ4v) is 2.77. The Kier molecular flexibility index (Phi) is 5.10. The van der Waals surface area contributed by atoms with Crippen molar-refractivity contribution in [3.8, 4) is 0 Å². The van der Waals surface area contributed by atoms with Crippen LogP contribution in [0.3, 0.4) is 0 Å². The predicted molar refractivity (Wildman–Crippen MR) is 73.1 cm³/mol. The summed E-state index contributed by atoms with van der Waals surface area (Å²) in [6, 6.07) is 0.894. The van der Waals surface area contributed by atoms with E-state index < -0.39 is 11.9 Å². The van der Waals surface area contributed by atoms with Crippen molar-refractivity contribution in [2.75, 3.05) is 26.7 Å². The smallest absolute Gasteiger partial charge is 0.435 e. The molecule has 1 aromatic heterocycles. The average Bonchev–Trinajstić information content (AvgIpc) is 2.96. The third-order valence-corrected chi connectivity index (χ3v) is 3.89. The number of methoxy groups -OCH3 is 1. The van der Waals surface area contributed by atoms with Gasteiger partial charge in [0, 0.05) is 19.3 Å². The zero-order valence-electron chi connectivity index (χ0n) is 12.6. The highest BCUT2D eigenvalue weighted by atomic mass is 19.4. The molecule has 0 aromatic carbocycles. The van der Waals surface area contributed by atoms with Gasteiger partial charge in [0.1, 0.15) is 0 Å². The van der Waals surface area contributed by atoms with Crippen molar-refractivity contribution in [3.05, 3.63) is 18.0 Å². The van der Waals surface area contributed by atoms with Crippen LogP contribution in [0.5, 0.6) is 0 Å². The van der Waals surface area contributed by atoms with Gasteiger partial charge in [0.25, 0.3) is 0 Å². The minimum Gasteiger partial charge on any atom is -0.469 e. The summed E-state index contributed by atoms with van der Waals surface area (Å²) in [5, 5.41) is 3.64. The van der Waals surface area contributed by atoms with Crippen LogP contribution >= 0.6 is 0 Å². The van der Waals surface area contributed by atoms with Crippen molar-refractivity contribution < 1.29 is 22.7 Å². The van der Waals surface area contributed by atoms with E-state index in [1.54, 1.807) is 6.92 Å². The molecule has 0 spiro atoms. The fraction of sp³-hybridized carbons (Fsp3) is 0.714. The van der Waals surface area contributed by atoms with Gasteiger partial charge in [0.2, 0.25) is 0 Å². The third-order valence-electron chi connectivity index (χ3n) is 3.89. The Morgan fingerprint density at radius 3 is 2.86 bits per heavy atom. The van der Waals surface area contributed by atoms with Crippen molar-refractivity contribution in [2.24, 2.45) is 5.92 Å². The molecule has 1 aliphatic heterocycles. The molecule has 0 saturated carbocycles. The summed E-state index contributed by atoms with van der Waals surface area (Å²) < 4.78 is 43.9. The molecule has 1 saturated heterocycles. The highest BCUT2D eigenvalue weighted by molar-refractivity contribution is 5.72. The van der Waals surface area contributed by atoms with Crippen LogP contribution in [-0.4, -0.2) is 47.4 Å². The number of hydrogen-bond acceptors (Lipinski definition) is 4. The molecule has 22 heavy (non-hydrogen) atoms. The maximum atomic E-state index is 12.6. The van der Waals surface area contributed by atoms with Gasteiger partial charge in [-0.2, -0.15) is 18.3 Å². The van der Waals surface area contributed by atoms with E-state index in [0.717, 1.165) is 25.5 Å². The Morgan fingerprint density at radius 1 is 1.55 bits per heavy atom. The van der Waals surface area contributed by atoms with E-state index in [4.69, 9.17) is 4.74 Å². The van der Waals surface area contributed by atoms with Crippen molar-refractivity contribution in [1.82, 2.24) is 14.7 Å². The topological polar surface area (TPSA) is 47.4 Å². The first-order chi connectivity index (χ1) is 10.3. The summed E-state index contributed by atoms with van der Waals surface area (Å²) in [6.45, 7) is 3.73. The molecule has 0 N–H and O–H groups in total. The maximum Gasteiger partial charge on any atom is 0.435 e. The first-order valence-electron chi connectivity index (χ1n) is 7.23. The average molecular weight is 319 g/mol. The SMILES string of the molecule is COC(=O)C(C)CN1CCCC(n2ccc(C(F)(F)F)n2)C1. The normalized spacial score (nSPS) is 21.6. The molecule has 0 aliphatic carbocycles. The van der Waals surface area contributed by atoms with Gasteiger partial charge in [-0.15, -0.1) is 0 Å². The lowest BCUT2D eigenvalue weighted by molar-refractivity contribution is -0.145. The number of alkyl halides is 3. The first-order valence-corrected chi connectivity index (χ1v) is 7.23. The van der Waals surface area contributed by atoms with Crippen molar-refractivity contribution in [3.63, 3.8) is 0 Å². The molecular weight excluding hydrogens is 299 g/mol. The number of carbonyl (C=O) groups excluding carboxylic acids is 1. The first kappa shape index (κ1) is 16.8. The second kappa shape index (κ2) is 6.68. The van der Waals surface area contributed by atoms with Gasteiger partial charge in [-0.25, -0.2) is 0 Å². The monoisotopic (exact) mass is 319 g/mol. The Bertz CT molecular complexity index is 516. The van der Waals surface area contributed by atoms with E-state index in [2.05, 4.69) is 10.00 Å². The van der Waals surface area contributed by atoms with Crippen molar-refractivity contribution >= 4 is 5.97 Å². The van der Waals surface area contributed by atoms with E-state index in [9.17, 15) is 18.0 Å². The number of likely N-dealkylation sites (tertiary alicyclic amines) is 1. The molecule has 0 radical (unpaired) electrons. The lowest BCUT2D eigenvalue weighted by Crippen LogP contribution is -2.40. The molecular formula is C14H20F3N3O2. The van der Waals surface area contributed by atoms with Gasteiger partial charge in [-0.3, -0.25) is 9.48 Å². The number of aromatic nitrogens is 2. The number of piperidine rings is 1. The van der Waals surface area contributed by atoms with E-state index in [1.165, 1.54) is 18.0 Å². The maximum absolute atomic E-state index is 12.6. The summed E-state index contributed by atoms with van der Waals surface area (Å²) in [5.41, 5.74) is -0.868. The van der Waals surface area contributed by atoms with Gasteiger partial charge in [-0.05, 0) is 25.5 Å². The van der Waals surface area contributed by atoms with Crippen LogP contribution < -0.4 is 0 Å². The Morgan fingerprint density at radius 2 is 2.27 bits per heavy atom. The molecule has 8 heteroatoms. The van der Waals surface area contributed by atoms with Crippen LogP contribution in [0.2, 0.25) is 0 Å². The molecule has 1 fully saturated rings. The second-order valence-electron chi connectivity index (χ2n) is 5.66. The van der Waals surface area contributed by atoms with Crippen LogP contribution in [0.25, 0.3) is 0 Å². The van der Waals surface area contributed by atoms with E-state index >= 15 is 0 Å². The summed E-state index contributed by atoms with van der Waals surface area (Å²) in [6.07, 6.45) is -1.40. The minimum absolute atomic E-state index is 0.102. The molecule has 0 bridgehead atoms. The molecule has 1 aliphatic rings. The molecule has 124 valence electrons. The molecule has 2 atom stereocenters. The third kappa shape index (κ3) is 4.00. The van der Waals surface area contributed by atoms with Crippen LogP contribution in [0.4, 0.5) is 13.2 Å². The lowest BCUT2D eigenvalue weighted by Gasteiger charge is -2.33.